The molecule has 1 aliphatic rings. The van der Waals surface area contributed by atoms with E-state index in [2.05, 4.69) is 122 Å². The summed E-state index contributed by atoms with van der Waals surface area (Å²) in [5.41, 5.74) is 2.70. The Hall–Kier alpha value is -2.00. The van der Waals surface area contributed by atoms with Crippen LogP contribution in [0.1, 0.15) is 11.1 Å². The number of hydrogen-bond donors (Lipinski definition) is 0. The summed E-state index contributed by atoms with van der Waals surface area (Å²) in [7, 11) is 3.36. The molecule has 0 saturated heterocycles. The summed E-state index contributed by atoms with van der Waals surface area (Å²) < 4.78 is 0. The van der Waals surface area contributed by atoms with Crippen LogP contribution in [-0.2, 0) is 20.0 Å². The van der Waals surface area contributed by atoms with Crippen LogP contribution in [0.4, 0.5) is 0 Å². The Kier molecular flexibility index (Phi) is 6.80. The van der Waals surface area contributed by atoms with E-state index in [1.54, 1.807) is 20.0 Å². The fourth-order valence-corrected chi connectivity index (χ4v) is 10.2. The summed E-state index contributed by atoms with van der Waals surface area (Å²) in [5.74, 6) is 0. The van der Waals surface area contributed by atoms with Crippen LogP contribution >= 0.6 is 39.8 Å². The van der Waals surface area contributed by atoms with Crippen molar-refractivity contribution in [3.8, 4) is 0 Å². The molecule has 6 aromatic rings. The second kappa shape index (κ2) is 10.2. The Labute approximate surface area is 229 Å². The first-order valence-electron chi connectivity index (χ1n) is 11.2. The van der Waals surface area contributed by atoms with Gasteiger partial charge < -0.3 is 0 Å². The summed E-state index contributed by atoms with van der Waals surface area (Å²) in [6, 6.07) is 33.4. The van der Waals surface area contributed by atoms with Crippen LogP contribution in [-0.4, -0.2) is 0 Å². The van der Waals surface area contributed by atoms with Gasteiger partial charge in [-0.2, -0.15) is 22.7 Å². The minimum atomic E-state index is -1.22. The molecule has 4 aromatic carbocycles. The zero-order chi connectivity index (χ0) is 23.8. The number of hydrogen-bond acceptors (Lipinski definition) is 2. The van der Waals surface area contributed by atoms with Crippen molar-refractivity contribution < 1.29 is 20.0 Å². The van der Waals surface area contributed by atoms with Gasteiger partial charge in [0.05, 0.1) is 0 Å². The van der Waals surface area contributed by atoms with Crippen molar-refractivity contribution >= 4 is 77.3 Å². The first-order valence-corrected chi connectivity index (χ1v) is 17.3. The molecule has 0 saturated carbocycles. The Morgan fingerprint density at radius 1 is 0.486 bits per heavy atom. The molecule has 0 aliphatic carbocycles. The second-order valence-corrected chi connectivity index (χ2v) is 12.2. The maximum absolute atomic E-state index is 4.58. The largest absolute Gasteiger partial charge is 0.151 e. The van der Waals surface area contributed by atoms with Gasteiger partial charge in [-0.05, 0) is 33.7 Å². The first-order chi connectivity index (χ1) is 17.4. The SMILES string of the molecule is [Cl][Au].c1ccc(C2=c3c(c4cscc4c4cscc34)=C(c3ccccc3)[PH+]2c2ccccc2)cc1. The van der Waals surface area contributed by atoms with E-state index in [1.165, 1.54) is 59.0 Å². The van der Waals surface area contributed by atoms with Crippen molar-refractivity contribution in [1.29, 1.82) is 0 Å². The summed E-state index contributed by atoms with van der Waals surface area (Å²) >= 11 is 5.39. The van der Waals surface area contributed by atoms with Crippen molar-refractivity contribution in [2.24, 2.45) is 0 Å². The molecule has 0 unspecified atom stereocenters. The van der Waals surface area contributed by atoms with Gasteiger partial charge in [0.1, 0.15) is 23.9 Å². The van der Waals surface area contributed by atoms with Gasteiger partial charge in [0.25, 0.3) is 0 Å². The fourth-order valence-electron chi connectivity index (χ4n) is 5.24. The number of rotatable bonds is 3. The van der Waals surface area contributed by atoms with Crippen LogP contribution < -0.4 is 15.7 Å². The van der Waals surface area contributed by atoms with Gasteiger partial charge in [-0.3, -0.25) is 0 Å². The molecule has 0 amide bonds. The third kappa shape index (κ3) is 3.89. The van der Waals surface area contributed by atoms with Crippen molar-refractivity contribution in [2.75, 3.05) is 0 Å². The number of benzene rings is 4. The summed E-state index contributed by atoms with van der Waals surface area (Å²) in [6.07, 6.45) is 0. The average Bonchev–Trinajstić information content (AvgIpc) is 3.68. The van der Waals surface area contributed by atoms with E-state index >= 15 is 0 Å². The maximum Gasteiger partial charge on any atom is 0.118 e. The molecule has 0 nitrogen and oxygen atoms in total. The molecule has 174 valence electrons. The van der Waals surface area contributed by atoms with E-state index in [4.69, 9.17) is 0 Å². The molecule has 2 aromatic heterocycles. The fraction of sp³-hybridized carbons (Fsp3) is 0. The molecular formula is C30H20AuClPS2+. The maximum atomic E-state index is 4.58. The van der Waals surface area contributed by atoms with Gasteiger partial charge in [-0.1, -0.05) is 78.9 Å². The van der Waals surface area contributed by atoms with Crippen LogP contribution in [0, 0.1) is 0 Å². The molecular weight excluding hydrogens is 688 g/mol. The Morgan fingerprint density at radius 3 is 1.29 bits per heavy atom. The number of halogens is 1. The van der Waals surface area contributed by atoms with Crippen molar-refractivity contribution in [2.45, 2.75) is 0 Å². The van der Waals surface area contributed by atoms with Crippen molar-refractivity contribution in [1.82, 2.24) is 0 Å². The normalized spacial score (nSPS) is 13.2. The van der Waals surface area contributed by atoms with E-state index < -0.39 is 7.92 Å². The first kappa shape index (κ1) is 23.4. The molecule has 0 radical (unpaired) electrons. The third-order valence-corrected chi connectivity index (χ3v) is 11.1. The van der Waals surface area contributed by atoms with Crippen LogP contribution in [0.5, 0.6) is 0 Å². The van der Waals surface area contributed by atoms with Crippen LogP contribution in [0.2, 0.25) is 0 Å². The smallest absolute Gasteiger partial charge is 0.118 e. The van der Waals surface area contributed by atoms with Crippen molar-refractivity contribution in [3.05, 3.63) is 134 Å². The quantitative estimate of drug-likeness (QED) is 0.131. The van der Waals surface area contributed by atoms with E-state index in [1.807, 2.05) is 22.7 Å². The molecule has 0 N–H and O–H groups in total. The van der Waals surface area contributed by atoms with Gasteiger partial charge in [-0.15, -0.1) is 0 Å². The molecule has 0 spiro atoms. The van der Waals surface area contributed by atoms with Gasteiger partial charge >= 0.3 is 29.2 Å². The summed E-state index contributed by atoms with van der Waals surface area (Å²) in [6.45, 7) is 0. The molecule has 5 heteroatoms. The number of fused-ring (bicyclic) bond motifs is 6. The van der Waals surface area contributed by atoms with E-state index in [9.17, 15) is 0 Å². The zero-order valence-electron chi connectivity index (χ0n) is 18.5. The summed E-state index contributed by atoms with van der Waals surface area (Å²) in [5, 5.41) is 22.4. The monoisotopic (exact) mass is 707 g/mol. The van der Waals surface area contributed by atoms with Crippen molar-refractivity contribution in [3.63, 3.8) is 0 Å². The molecule has 0 fully saturated rings. The average molecular weight is 708 g/mol. The van der Waals surface area contributed by atoms with E-state index in [-0.39, 0.29) is 0 Å². The minimum absolute atomic E-state index is 1.22. The van der Waals surface area contributed by atoms with Gasteiger partial charge in [0.2, 0.25) is 0 Å². The minimum Gasteiger partial charge on any atom is -0.151 e. The Bertz CT molecular complexity index is 1640. The molecule has 0 atom stereocenters. The van der Waals surface area contributed by atoms with Gasteiger partial charge in [0.15, 0.2) is 0 Å². The van der Waals surface area contributed by atoms with Crippen LogP contribution in [0.25, 0.3) is 32.2 Å². The molecule has 0 bridgehead atoms. The van der Waals surface area contributed by atoms with Crippen LogP contribution in [0.3, 0.4) is 0 Å². The van der Waals surface area contributed by atoms with E-state index in [0.717, 1.165) is 0 Å². The Balaban J connectivity index is 0.00000112. The van der Waals surface area contributed by atoms with E-state index in [0.29, 0.717) is 0 Å². The molecule has 35 heavy (non-hydrogen) atoms. The Morgan fingerprint density at radius 2 is 0.857 bits per heavy atom. The predicted molar refractivity (Wildman–Crippen MR) is 155 cm³/mol. The topological polar surface area (TPSA) is 0 Å². The standard InChI is InChI=1S/C30H19PS2.Au.ClH/c1-4-10-20(11-5-1)29-27-25-18-32-16-23(25)24-17-33-19-26(24)28(27)30(21-12-6-2-7-13-21)31(29)22-14-8-3-9-15-22;;/h1-19H;;1H/q;+1;. The second-order valence-electron chi connectivity index (χ2n) is 8.37. The number of thiophene rings is 2. The third-order valence-electron chi connectivity index (χ3n) is 6.59. The molecule has 3 heterocycles. The van der Waals surface area contributed by atoms with Gasteiger partial charge in [-0.25, -0.2) is 0 Å². The van der Waals surface area contributed by atoms with Crippen LogP contribution in [0.15, 0.2) is 113 Å². The predicted octanol–water partition coefficient (Wildman–Crippen LogP) is 7.67. The zero-order valence-corrected chi connectivity index (χ0v) is 24.0. The molecule has 7 rings (SSSR count). The molecule has 1 aliphatic heterocycles. The van der Waals surface area contributed by atoms with Gasteiger partial charge in [0, 0.05) is 43.1 Å². The summed E-state index contributed by atoms with van der Waals surface area (Å²) in [4.78, 5) is 0.